The van der Waals surface area contributed by atoms with Crippen LogP contribution in [-0.4, -0.2) is 48.8 Å². The number of hydrogen-bond acceptors (Lipinski definition) is 5. The third-order valence-electron chi connectivity index (χ3n) is 3.38. The van der Waals surface area contributed by atoms with Crippen LogP contribution in [0.25, 0.3) is 0 Å². The molecule has 5 nitrogen and oxygen atoms in total. The van der Waals surface area contributed by atoms with Crippen molar-refractivity contribution < 1.29 is 9.47 Å². The predicted molar refractivity (Wildman–Crippen MR) is 80.1 cm³/mol. The summed E-state index contributed by atoms with van der Waals surface area (Å²) in [7, 11) is 0. The Labute approximate surface area is 125 Å². The van der Waals surface area contributed by atoms with Crippen LogP contribution in [0.2, 0.25) is 0 Å². The topological polar surface area (TPSA) is 58.4 Å². The molecule has 21 heavy (non-hydrogen) atoms. The molecule has 0 aromatic carbocycles. The summed E-state index contributed by atoms with van der Waals surface area (Å²) in [5, 5.41) is 8.90. The van der Waals surface area contributed by atoms with E-state index in [0.717, 1.165) is 45.7 Å². The summed E-state index contributed by atoms with van der Waals surface area (Å²) < 4.78 is 11.3. The van der Waals surface area contributed by atoms with Crippen LogP contribution >= 0.6 is 0 Å². The minimum atomic E-state index is 0.0440. The largest absolute Gasteiger partial charge is 0.473 e. The van der Waals surface area contributed by atoms with Crippen molar-refractivity contribution >= 4 is 0 Å². The van der Waals surface area contributed by atoms with E-state index in [-0.39, 0.29) is 6.10 Å². The zero-order valence-electron chi connectivity index (χ0n) is 12.2. The van der Waals surface area contributed by atoms with Crippen LogP contribution in [0.1, 0.15) is 18.5 Å². The molecule has 1 aromatic rings. The number of rotatable bonds is 7. The summed E-state index contributed by atoms with van der Waals surface area (Å²) in [5.41, 5.74) is 0.376. The van der Waals surface area contributed by atoms with Crippen LogP contribution in [-0.2, 0) is 4.74 Å². The average molecular weight is 287 g/mol. The molecule has 2 rings (SSSR count). The number of allylic oxidation sites excluding steroid dienone is 1. The van der Waals surface area contributed by atoms with E-state index in [2.05, 4.69) is 16.5 Å². The Morgan fingerprint density at radius 3 is 3.00 bits per heavy atom. The first-order chi connectivity index (χ1) is 10.3. The number of morpholine rings is 1. The highest BCUT2D eigenvalue weighted by Crippen LogP contribution is 2.14. The van der Waals surface area contributed by atoms with Crippen LogP contribution in [0.4, 0.5) is 0 Å². The predicted octanol–water partition coefficient (Wildman–Crippen LogP) is 2.00. The Hall–Kier alpha value is -1.90. The molecule has 1 aliphatic rings. The fourth-order valence-electron chi connectivity index (χ4n) is 2.28. The van der Waals surface area contributed by atoms with Gasteiger partial charge in [-0.05, 0) is 18.9 Å². The van der Waals surface area contributed by atoms with E-state index in [1.165, 1.54) is 0 Å². The monoisotopic (exact) mass is 287 g/mol. The smallest absolute Gasteiger partial charge is 0.214 e. The van der Waals surface area contributed by atoms with Gasteiger partial charge in [0.2, 0.25) is 5.88 Å². The van der Waals surface area contributed by atoms with Crippen molar-refractivity contribution in [3.05, 3.63) is 36.5 Å². The van der Waals surface area contributed by atoms with Crippen molar-refractivity contribution in [2.75, 3.05) is 32.8 Å². The second kappa shape index (κ2) is 8.40. The molecule has 0 saturated carbocycles. The van der Waals surface area contributed by atoms with Gasteiger partial charge in [-0.2, -0.15) is 5.26 Å². The fourth-order valence-corrected chi connectivity index (χ4v) is 2.28. The van der Waals surface area contributed by atoms with Gasteiger partial charge in [-0.3, -0.25) is 4.90 Å². The van der Waals surface area contributed by atoms with Gasteiger partial charge in [0, 0.05) is 25.7 Å². The minimum Gasteiger partial charge on any atom is -0.473 e. The quantitative estimate of drug-likeness (QED) is 0.718. The summed E-state index contributed by atoms with van der Waals surface area (Å²) in [6, 6.07) is 7.29. The molecular weight excluding hydrogens is 266 g/mol. The summed E-state index contributed by atoms with van der Waals surface area (Å²) in [5.74, 6) is 0.511. The number of hydrogen-bond donors (Lipinski definition) is 0. The zero-order valence-corrected chi connectivity index (χ0v) is 12.2. The average Bonchev–Trinajstić information content (AvgIpc) is 2.54. The molecule has 0 aliphatic carbocycles. The van der Waals surface area contributed by atoms with Crippen LogP contribution in [0.15, 0.2) is 30.9 Å². The van der Waals surface area contributed by atoms with Crippen LogP contribution in [0, 0.1) is 11.3 Å². The molecule has 1 atom stereocenters. The van der Waals surface area contributed by atoms with Gasteiger partial charge < -0.3 is 9.47 Å². The first-order valence-electron chi connectivity index (χ1n) is 7.26. The van der Waals surface area contributed by atoms with Gasteiger partial charge in [-0.25, -0.2) is 4.98 Å². The maximum Gasteiger partial charge on any atom is 0.214 e. The molecule has 1 aromatic heterocycles. The van der Waals surface area contributed by atoms with E-state index in [1.807, 2.05) is 12.1 Å². The first-order valence-corrected chi connectivity index (χ1v) is 7.26. The highest BCUT2D eigenvalue weighted by atomic mass is 16.5. The standard InChI is InChI=1S/C16H21N3O2/c1-2-3-6-15(13-19-8-10-20-11-9-19)21-16-7-4-5-14(12-17)18-16/h2,4-5,7,15H,1,3,6,8-11,13H2. The molecule has 0 N–H and O–H groups in total. The fraction of sp³-hybridized carbons (Fsp3) is 0.500. The summed E-state index contributed by atoms with van der Waals surface area (Å²) >= 11 is 0. The van der Waals surface area contributed by atoms with Gasteiger partial charge in [-0.1, -0.05) is 12.1 Å². The highest BCUT2D eigenvalue weighted by molar-refractivity contribution is 5.24. The highest BCUT2D eigenvalue weighted by Gasteiger charge is 2.18. The second-order valence-corrected chi connectivity index (χ2v) is 4.99. The SMILES string of the molecule is C=CCCC(CN1CCOCC1)Oc1cccc(C#N)n1. The van der Waals surface area contributed by atoms with E-state index in [9.17, 15) is 0 Å². The maximum absolute atomic E-state index is 8.90. The van der Waals surface area contributed by atoms with Gasteiger partial charge in [-0.15, -0.1) is 6.58 Å². The Morgan fingerprint density at radius 2 is 2.29 bits per heavy atom. The molecule has 0 amide bonds. The van der Waals surface area contributed by atoms with Crippen LogP contribution in [0.3, 0.4) is 0 Å². The van der Waals surface area contributed by atoms with Crippen molar-refractivity contribution in [2.45, 2.75) is 18.9 Å². The Kier molecular flexibility index (Phi) is 6.20. The molecule has 1 unspecified atom stereocenters. The van der Waals surface area contributed by atoms with Crippen LogP contribution in [0.5, 0.6) is 5.88 Å². The van der Waals surface area contributed by atoms with E-state index in [0.29, 0.717) is 11.6 Å². The molecule has 2 heterocycles. The molecule has 1 fully saturated rings. The maximum atomic E-state index is 8.90. The number of pyridine rings is 1. The van der Waals surface area contributed by atoms with Gasteiger partial charge in [0.15, 0.2) is 0 Å². The molecule has 0 radical (unpaired) electrons. The third-order valence-corrected chi connectivity index (χ3v) is 3.38. The minimum absolute atomic E-state index is 0.0440. The van der Waals surface area contributed by atoms with E-state index in [4.69, 9.17) is 14.7 Å². The van der Waals surface area contributed by atoms with Crippen molar-refractivity contribution in [1.82, 2.24) is 9.88 Å². The third kappa shape index (κ3) is 5.18. The number of nitrogens with zero attached hydrogens (tertiary/aromatic N) is 3. The lowest BCUT2D eigenvalue weighted by Gasteiger charge is -2.30. The van der Waals surface area contributed by atoms with Crippen molar-refractivity contribution in [1.29, 1.82) is 5.26 Å². The zero-order chi connectivity index (χ0) is 14.9. The lowest BCUT2D eigenvalue weighted by atomic mass is 10.1. The van der Waals surface area contributed by atoms with E-state index in [1.54, 1.807) is 18.2 Å². The summed E-state index contributed by atoms with van der Waals surface area (Å²) in [6.07, 6.45) is 3.73. The normalized spacial score (nSPS) is 16.9. The number of nitriles is 1. The van der Waals surface area contributed by atoms with Gasteiger partial charge in [0.05, 0.1) is 13.2 Å². The van der Waals surface area contributed by atoms with E-state index >= 15 is 0 Å². The lowest BCUT2D eigenvalue weighted by Crippen LogP contribution is -2.42. The van der Waals surface area contributed by atoms with Crippen LogP contribution < -0.4 is 4.74 Å². The van der Waals surface area contributed by atoms with Crippen molar-refractivity contribution in [3.63, 3.8) is 0 Å². The first kappa shape index (κ1) is 15.5. The number of aromatic nitrogens is 1. The van der Waals surface area contributed by atoms with Gasteiger partial charge >= 0.3 is 0 Å². The molecule has 1 aliphatic heterocycles. The molecule has 5 heteroatoms. The van der Waals surface area contributed by atoms with Gasteiger partial charge in [0.1, 0.15) is 17.9 Å². The lowest BCUT2D eigenvalue weighted by molar-refractivity contribution is 0.0174. The van der Waals surface area contributed by atoms with Crippen molar-refractivity contribution in [3.8, 4) is 11.9 Å². The summed E-state index contributed by atoms with van der Waals surface area (Å²) in [6.45, 7) is 8.02. The van der Waals surface area contributed by atoms with Crippen molar-refractivity contribution in [2.24, 2.45) is 0 Å². The van der Waals surface area contributed by atoms with E-state index < -0.39 is 0 Å². The molecule has 0 bridgehead atoms. The Bertz CT molecular complexity index is 493. The summed E-state index contributed by atoms with van der Waals surface area (Å²) in [4.78, 5) is 6.52. The second-order valence-electron chi connectivity index (χ2n) is 4.99. The Balaban J connectivity index is 1.97. The molecule has 0 spiro atoms. The number of ether oxygens (including phenoxy) is 2. The molecular formula is C16H21N3O2. The Morgan fingerprint density at radius 1 is 1.48 bits per heavy atom. The molecule has 112 valence electrons. The van der Waals surface area contributed by atoms with Gasteiger partial charge in [0.25, 0.3) is 0 Å². The molecule has 1 saturated heterocycles.